The number of fused-ring (bicyclic) bond motifs is 1. The Bertz CT molecular complexity index is 712. The van der Waals surface area contributed by atoms with Crippen molar-refractivity contribution in [2.75, 3.05) is 20.2 Å². The highest BCUT2D eigenvalue weighted by molar-refractivity contribution is 6.40. The van der Waals surface area contributed by atoms with E-state index in [1.807, 2.05) is 11.0 Å². The number of nitrogens with zero attached hydrogens (tertiary/aromatic N) is 1. The lowest BCUT2D eigenvalue weighted by Crippen LogP contribution is -2.50. The normalized spacial score (nSPS) is 27.3. The molecule has 0 spiro atoms. The van der Waals surface area contributed by atoms with Crippen molar-refractivity contribution < 1.29 is 23.9 Å². The molecule has 0 radical (unpaired) electrons. The number of hydrogen-bond acceptors (Lipinski definition) is 6. The second-order valence-electron chi connectivity index (χ2n) is 5.95. The molecule has 0 N–H and O–H groups in total. The molecule has 0 aromatic carbocycles. The number of methoxy groups -OCH3 is 1. The Labute approximate surface area is 127 Å². The number of allylic oxidation sites excluding steroid dienone is 3. The smallest absolute Gasteiger partial charge is 0.280 e. The molecule has 114 valence electrons. The molecule has 0 bridgehead atoms. The van der Waals surface area contributed by atoms with Crippen LogP contribution >= 0.6 is 0 Å². The second kappa shape index (κ2) is 4.56. The van der Waals surface area contributed by atoms with Gasteiger partial charge in [0.05, 0.1) is 19.6 Å². The summed E-state index contributed by atoms with van der Waals surface area (Å²) in [5, 5.41) is 0. The molecular weight excluding hydrogens is 286 g/mol. The lowest BCUT2D eigenvalue weighted by atomic mass is 9.76. The molecule has 4 rings (SSSR count). The number of piperidine rings is 1. The first-order valence-electron chi connectivity index (χ1n) is 7.29. The first-order valence-corrected chi connectivity index (χ1v) is 7.29. The maximum Gasteiger partial charge on any atom is 0.280 e. The van der Waals surface area contributed by atoms with Gasteiger partial charge in [-0.05, 0) is 12.0 Å². The van der Waals surface area contributed by atoms with Crippen LogP contribution < -0.4 is 0 Å². The Hall–Kier alpha value is -2.37. The number of rotatable bonds is 1. The first-order chi connectivity index (χ1) is 10.6. The molecule has 1 saturated heterocycles. The van der Waals surface area contributed by atoms with Gasteiger partial charge in [-0.1, -0.05) is 0 Å². The zero-order chi connectivity index (χ0) is 15.4. The van der Waals surface area contributed by atoms with Gasteiger partial charge in [0.25, 0.3) is 5.95 Å². The van der Waals surface area contributed by atoms with Crippen molar-refractivity contribution >= 4 is 17.3 Å². The molecule has 0 aromatic rings. The Morgan fingerprint density at radius 1 is 1.27 bits per heavy atom. The van der Waals surface area contributed by atoms with E-state index in [1.54, 1.807) is 0 Å². The minimum Gasteiger partial charge on any atom is -0.469 e. The van der Waals surface area contributed by atoms with E-state index in [0.717, 1.165) is 16.8 Å². The summed E-state index contributed by atoms with van der Waals surface area (Å²) in [6.07, 6.45) is 2.87. The monoisotopic (exact) mass is 301 g/mol. The lowest BCUT2D eigenvalue weighted by Gasteiger charge is -2.43. The van der Waals surface area contributed by atoms with E-state index in [4.69, 9.17) is 9.47 Å². The zero-order valence-corrected chi connectivity index (χ0v) is 12.2. The van der Waals surface area contributed by atoms with Crippen molar-refractivity contribution in [1.82, 2.24) is 4.90 Å². The largest absolute Gasteiger partial charge is 0.469 e. The van der Waals surface area contributed by atoms with Crippen molar-refractivity contribution in [2.24, 2.45) is 5.92 Å². The molecule has 6 heteroatoms. The topological polar surface area (TPSA) is 72.9 Å². The molecule has 3 aliphatic heterocycles. The fourth-order valence-electron chi connectivity index (χ4n) is 3.67. The fourth-order valence-corrected chi connectivity index (χ4v) is 3.67. The van der Waals surface area contributed by atoms with Gasteiger partial charge in [0.1, 0.15) is 11.5 Å². The number of ether oxygens (including phenoxy) is 2. The Morgan fingerprint density at radius 2 is 2.09 bits per heavy atom. The molecule has 1 atom stereocenters. The van der Waals surface area contributed by atoms with Crippen LogP contribution in [-0.2, 0) is 23.9 Å². The zero-order valence-electron chi connectivity index (χ0n) is 12.2. The minimum atomic E-state index is -0.632. The second-order valence-corrected chi connectivity index (χ2v) is 5.95. The van der Waals surface area contributed by atoms with Crippen LogP contribution in [0.4, 0.5) is 0 Å². The summed E-state index contributed by atoms with van der Waals surface area (Å²) in [7, 11) is 1.53. The number of Topliss-reactive ketones (excluding diaryl/α,β-unsaturated/α-hetero) is 3. The molecule has 0 aromatic heterocycles. The van der Waals surface area contributed by atoms with Crippen LogP contribution in [0.15, 0.2) is 34.6 Å². The minimum absolute atomic E-state index is 0.0300. The van der Waals surface area contributed by atoms with Crippen LogP contribution in [0, 0.1) is 5.92 Å². The van der Waals surface area contributed by atoms with E-state index in [0.29, 0.717) is 24.7 Å². The molecule has 4 aliphatic rings. The summed E-state index contributed by atoms with van der Waals surface area (Å²) in [5.41, 5.74) is 2.58. The molecular formula is C16H15NO5. The SMILES string of the molecule is COC1=CCC2=C(O1)C1=C3C(CC(=O)C1)C(=O)C(=O)CN3C2. The van der Waals surface area contributed by atoms with E-state index < -0.39 is 17.5 Å². The molecule has 0 amide bonds. The van der Waals surface area contributed by atoms with E-state index >= 15 is 0 Å². The summed E-state index contributed by atoms with van der Waals surface area (Å²) in [5.74, 6) is -0.445. The standard InChI is InChI=1S/C16H15NO5/c1-21-13-3-2-8-6-17-7-12(19)15(20)10-4-9(18)5-11(14(10)17)16(8)22-13/h3,10H,2,4-7H2,1H3. The Morgan fingerprint density at radius 3 is 2.86 bits per heavy atom. The van der Waals surface area contributed by atoms with Gasteiger partial charge in [0.15, 0.2) is 0 Å². The summed E-state index contributed by atoms with van der Waals surface area (Å²) in [4.78, 5) is 38.1. The molecule has 3 heterocycles. The fraction of sp³-hybridized carbons (Fsp3) is 0.438. The van der Waals surface area contributed by atoms with Crippen molar-refractivity contribution in [3.05, 3.63) is 34.6 Å². The lowest BCUT2D eigenvalue weighted by molar-refractivity contribution is -0.142. The molecule has 0 saturated carbocycles. The van der Waals surface area contributed by atoms with Gasteiger partial charge in [0.2, 0.25) is 11.6 Å². The van der Waals surface area contributed by atoms with E-state index in [9.17, 15) is 14.4 Å². The van der Waals surface area contributed by atoms with Gasteiger partial charge in [-0.3, -0.25) is 14.4 Å². The highest BCUT2D eigenvalue weighted by Crippen LogP contribution is 2.44. The van der Waals surface area contributed by atoms with E-state index in [1.165, 1.54) is 7.11 Å². The first kappa shape index (κ1) is 13.3. The molecule has 6 nitrogen and oxygen atoms in total. The molecule has 1 aliphatic carbocycles. The predicted molar refractivity (Wildman–Crippen MR) is 74.2 cm³/mol. The number of ketones is 3. The van der Waals surface area contributed by atoms with Gasteiger partial charge < -0.3 is 14.4 Å². The third kappa shape index (κ3) is 1.76. The molecule has 22 heavy (non-hydrogen) atoms. The summed E-state index contributed by atoms with van der Waals surface area (Å²) < 4.78 is 10.9. The quantitative estimate of drug-likeness (QED) is 0.669. The van der Waals surface area contributed by atoms with Crippen molar-refractivity contribution in [2.45, 2.75) is 19.3 Å². The van der Waals surface area contributed by atoms with Crippen molar-refractivity contribution in [3.8, 4) is 0 Å². The maximum atomic E-state index is 12.2. The van der Waals surface area contributed by atoms with Crippen molar-refractivity contribution in [1.29, 1.82) is 0 Å². The van der Waals surface area contributed by atoms with Crippen LogP contribution in [0.2, 0.25) is 0 Å². The average Bonchev–Trinajstić information content (AvgIpc) is 2.51. The van der Waals surface area contributed by atoms with Gasteiger partial charge in [-0.15, -0.1) is 0 Å². The summed E-state index contributed by atoms with van der Waals surface area (Å²) in [6, 6.07) is 0. The van der Waals surface area contributed by atoms with Gasteiger partial charge in [-0.2, -0.15) is 0 Å². The Balaban J connectivity index is 1.83. The third-order valence-corrected chi connectivity index (χ3v) is 4.61. The van der Waals surface area contributed by atoms with E-state index in [-0.39, 0.29) is 25.2 Å². The van der Waals surface area contributed by atoms with Crippen LogP contribution in [-0.4, -0.2) is 42.4 Å². The highest BCUT2D eigenvalue weighted by atomic mass is 16.7. The maximum absolute atomic E-state index is 12.2. The van der Waals surface area contributed by atoms with Crippen molar-refractivity contribution in [3.63, 3.8) is 0 Å². The predicted octanol–water partition coefficient (Wildman–Crippen LogP) is 0.849. The van der Waals surface area contributed by atoms with Gasteiger partial charge in [0, 0.05) is 36.7 Å². The van der Waals surface area contributed by atoms with Crippen LogP contribution in [0.5, 0.6) is 0 Å². The number of carbonyl (C=O) groups is 3. The van der Waals surface area contributed by atoms with E-state index in [2.05, 4.69) is 0 Å². The van der Waals surface area contributed by atoms with Gasteiger partial charge >= 0.3 is 0 Å². The third-order valence-electron chi connectivity index (χ3n) is 4.61. The van der Waals surface area contributed by atoms with Gasteiger partial charge in [-0.25, -0.2) is 0 Å². The summed E-state index contributed by atoms with van der Waals surface area (Å²) in [6.45, 7) is 0.658. The average molecular weight is 301 g/mol. The van der Waals surface area contributed by atoms with Crippen LogP contribution in [0.25, 0.3) is 0 Å². The van der Waals surface area contributed by atoms with Crippen LogP contribution in [0.1, 0.15) is 19.3 Å². The number of carbonyl (C=O) groups excluding carboxylic acids is 3. The summed E-state index contributed by atoms with van der Waals surface area (Å²) >= 11 is 0. The molecule has 1 fully saturated rings. The van der Waals surface area contributed by atoms with Crippen LogP contribution in [0.3, 0.4) is 0 Å². The Kier molecular flexibility index (Phi) is 2.76. The molecule has 1 unspecified atom stereocenters. The number of hydrogen-bond donors (Lipinski definition) is 0. The highest BCUT2D eigenvalue weighted by Gasteiger charge is 2.46.